The number of furan rings is 1. The first-order valence-electron chi connectivity index (χ1n) is 12.2. The standard InChI is InChI=1S/C30H24FIN2O4S/c1-2-36-26-16-20(15-25(32)28(26)38-19-21-9-6-7-13-24(21)31)17-27-29(35)34(18-23-12-8-14-37-23)30(39-27)33-22-10-4-3-5-11-22/h3-17H,2,18-19H2,1H3/b27-17-,33-30?. The minimum absolute atomic E-state index is 0.0680. The zero-order chi connectivity index (χ0) is 27.2. The van der Waals surface area contributed by atoms with Crippen molar-refractivity contribution in [1.82, 2.24) is 4.90 Å². The van der Waals surface area contributed by atoms with Gasteiger partial charge >= 0.3 is 0 Å². The smallest absolute Gasteiger partial charge is 0.267 e. The predicted molar refractivity (Wildman–Crippen MR) is 159 cm³/mol. The Morgan fingerprint density at radius 2 is 1.85 bits per heavy atom. The third-order valence-electron chi connectivity index (χ3n) is 5.72. The van der Waals surface area contributed by atoms with E-state index in [0.717, 1.165) is 14.8 Å². The minimum Gasteiger partial charge on any atom is -0.490 e. The average molecular weight is 655 g/mol. The summed E-state index contributed by atoms with van der Waals surface area (Å²) in [6, 6.07) is 23.4. The molecule has 0 spiro atoms. The van der Waals surface area contributed by atoms with Crippen LogP contribution in [0.5, 0.6) is 11.5 Å². The van der Waals surface area contributed by atoms with Gasteiger partial charge in [0.15, 0.2) is 16.7 Å². The van der Waals surface area contributed by atoms with E-state index >= 15 is 0 Å². The summed E-state index contributed by atoms with van der Waals surface area (Å²) in [6.07, 6.45) is 3.40. The van der Waals surface area contributed by atoms with Crippen LogP contribution in [0.15, 0.2) is 99.4 Å². The number of nitrogens with zero attached hydrogens (tertiary/aromatic N) is 2. The van der Waals surface area contributed by atoms with Crippen LogP contribution < -0.4 is 9.47 Å². The number of hydrogen-bond acceptors (Lipinski definition) is 6. The van der Waals surface area contributed by atoms with Gasteiger partial charge in [0.05, 0.1) is 33.6 Å². The summed E-state index contributed by atoms with van der Waals surface area (Å²) in [7, 11) is 0. The third kappa shape index (κ3) is 6.54. The number of ether oxygens (including phenoxy) is 2. The van der Waals surface area contributed by atoms with Crippen molar-refractivity contribution in [2.45, 2.75) is 20.1 Å². The summed E-state index contributed by atoms with van der Waals surface area (Å²) in [5, 5.41) is 0.568. The molecule has 0 unspecified atom stereocenters. The molecular weight excluding hydrogens is 630 g/mol. The highest BCUT2D eigenvalue weighted by molar-refractivity contribution is 14.1. The highest BCUT2D eigenvalue weighted by atomic mass is 127. The highest BCUT2D eigenvalue weighted by Gasteiger charge is 2.34. The second kappa shape index (κ2) is 12.5. The van der Waals surface area contributed by atoms with E-state index in [1.807, 2.05) is 61.5 Å². The molecule has 3 aromatic carbocycles. The zero-order valence-electron chi connectivity index (χ0n) is 21.0. The van der Waals surface area contributed by atoms with Crippen LogP contribution in [-0.2, 0) is 17.9 Å². The maximum absolute atomic E-state index is 14.1. The molecule has 1 aliphatic heterocycles. The lowest BCUT2D eigenvalue weighted by atomic mass is 10.1. The molecule has 0 radical (unpaired) electrons. The molecule has 5 rings (SSSR count). The summed E-state index contributed by atoms with van der Waals surface area (Å²) < 4.78 is 32.3. The van der Waals surface area contributed by atoms with Gasteiger partial charge in [-0.15, -0.1) is 0 Å². The molecule has 1 aromatic heterocycles. The number of halogens is 2. The van der Waals surface area contributed by atoms with Crippen LogP contribution in [0.2, 0.25) is 0 Å². The molecule has 1 amide bonds. The molecule has 4 aromatic rings. The number of amides is 1. The van der Waals surface area contributed by atoms with Crippen molar-refractivity contribution < 1.29 is 23.1 Å². The number of thioether (sulfide) groups is 1. The molecule has 0 bridgehead atoms. The first kappa shape index (κ1) is 27.0. The first-order valence-corrected chi connectivity index (χ1v) is 14.1. The molecule has 1 fully saturated rings. The Morgan fingerprint density at radius 3 is 2.59 bits per heavy atom. The van der Waals surface area contributed by atoms with Crippen molar-refractivity contribution in [2.24, 2.45) is 4.99 Å². The molecule has 0 atom stereocenters. The van der Waals surface area contributed by atoms with Gasteiger partial charge in [0.2, 0.25) is 0 Å². The topological polar surface area (TPSA) is 64.3 Å². The van der Waals surface area contributed by atoms with Crippen LogP contribution in [0.1, 0.15) is 23.8 Å². The molecule has 198 valence electrons. The molecule has 9 heteroatoms. The van der Waals surface area contributed by atoms with E-state index in [2.05, 4.69) is 22.6 Å². The third-order valence-corrected chi connectivity index (χ3v) is 7.53. The van der Waals surface area contributed by atoms with Gasteiger partial charge in [-0.2, -0.15) is 0 Å². The molecule has 0 aliphatic carbocycles. The molecule has 6 nitrogen and oxygen atoms in total. The van der Waals surface area contributed by atoms with Crippen LogP contribution in [0, 0.1) is 9.39 Å². The number of carbonyl (C=O) groups is 1. The average Bonchev–Trinajstić information content (AvgIpc) is 3.54. The lowest BCUT2D eigenvalue weighted by Crippen LogP contribution is -2.28. The Labute approximate surface area is 243 Å². The Morgan fingerprint density at radius 1 is 1.05 bits per heavy atom. The molecule has 2 heterocycles. The fourth-order valence-electron chi connectivity index (χ4n) is 3.89. The van der Waals surface area contributed by atoms with E-state index in [1.165, 1.54) is 17.8 Å². The van der Waals surface area contributed by atoms with Gasteiger partial charge in [-0.1, -0.05) is 36.4 Å². The molecule has 1 aliphatic rings. The van der Waals surface area contributed by atoms with Crippen molar-refractivity contribution in [2.75, 3.05) is 6.61 Å². The normalized spacial score (nSPS) is 15.4. The summed E-state index contributed by atoms with van der Waals surface area (Å²) in [6.45, 7) is 2.64. The molecule has 0 saturated carbocycles. The highest BCUT2D eigenvalue weighted by Crippen LogP contribution is 2.39. The van der Waals surface area contributed by atoms with Crippen molar-refractivity contribution in [1.29, 1.82) is 0 Å². The number of hydrogen-bond donors (Lipinski definition) is 0. The largest absolute Gasteiger partial charge is 0.490 e. The van der Waals surface area contributed by atoms with Crippen molar-refractivity contribution in [3.8, 4) is 11.5 Å². The SMILES string of the molecule is CCOc1cc(/C=C2\SC(=Nc3ccccc3)N(Cc3ccco3)C2=O)cc(I)c1OCc1ccccc1F. The predicted octanol–water partition coefficient (Wildman–Crippen LogP) is 7.81. The van der Waals surface area contributed by atoms with Gasteiger partial charge in [-0.25, -0.2) is 9.38 Å². The van der Waals surface area contributed by atoms with Gasteiger partial charge in [-0.05, 0) is 95.4 Å². The maximum Gasteiger partial charge on any atom is 0.267 e. The minimum atomic E-state index is -0.323. The van der Waals surface area contributed by atoms with Crippen molar-refractivity contribution in [3.05, 3.63) is 116 Å². The number of rotatable bonds is 9. The Bertz CT molecular complexity index is 1520. The quantitative estimate of drug-likeness (QED) is 0.136. The van der Waals surface area contributed by atoms with Gasteiger partial charge in [-0.3, -0.25) is 9.69 Å². The summed E-state index contributed by atoms with van der Waals surface area (Å²) >= 11 is 3.47. The second-order valence-corrected chi connectivity index (χ2v) is 10.6. The second-order valence-electron chi connectivity index (χ2n) is 8.45. The van der Waals surface area contributed by atoms with E-state index in [0.29, 0.717) is 39.5 Å². The number of benzene rings is 3. The molecular formula is C30H24FIN2O4S. The Kier molecular flexibility index (Phi) is 8.67. The van der Waals surface area contributed by atoms with Gasteiger partial charge < -0.3 is 13.9 Å². The number of amidine groups is 1. The van der Waals surface area contributed by atoms with E-state index in [4.69, 9.17) is 18.9 Å². The van der Waals surface area contributed by atoms with Crippen LogP contribution in [0.25, 0.3) is 6.08 Å². The lowest BCUT2D eigenvalue weighted by Gasteiger charge is -2.15. The van der Waals surface area contributed by atoms with Crippen molar-refractivity contribution >= 4 is 57.2 Å². The summed E-state index contributed by atoms with van der Waals surface area (Å²) in [5.74, 6) is 1.22. The fraction of sp³-hybridized carbons (Fsp3) is 0.133. The number of para-hydroxylation sites is 1. The molecule has 39 heavy (non-hydrogen) atoms. The van der Waals surface area contributed by atoms with Crippen molar-refractivity contribution in [3.63, 3.8) is 0 Å². The fourth-order valence-corrected chi connectivity index (χ4v) is 5.67. The zero-order valence-corrected chi connectivity index (χ0v) is 23.9. The Balaban J connectivity index is 1.45. The van der Waals surface area contributed by atoms with E-state index in [1.54, 1.807) is 35.4 Å². The van der Waals surface area contributed by atoms with E-state index in [-0.39, 0.29) is 24.9 Å². The molecule has 0 N–H and O–H groups in total. The van der Waals surface area contributed by atoms with E-state index < -0.39 is 0 Å². The van der Waals surface area contributed by atoms with Gasteiger partial charge in [0.1, 0.15) is 18.2 Å². The summed E-state index contributed by atoms with van der Waals surface area (Å²) in [5.41, 5.74) is 1.98. The number of aliphatic imine (C=N–C) groups is 1. The van der Waals surface area contributed by atoms with Crippen LogP contribution in [-0.4, -0.2) is 22.6 Å². The first-order chi connectivity index (χ1) is 19.0. The molecule has 1 saturated heterocycles. The lowest BCUT2D eigenvalue weighted by molar-refractivity contribution is -0.122. The van der Waals surface area contributed by atoms with Crippen LogP contribution in [0.4, 0.5) is 10.1 Å². The van der Waals surface area contributed by atoms with Crippen LogP contribution >= 0.6 is 34.4 Å². The number of carbonyl (C=O) groups excluding carboxylic acids is 1. The maximum atomic E-state index is 14.1. The monoisotopic (exact) mass is 654 g/mol. The Hall–Kier alpha value is -3.57. The summed E-state index contributed by atoms with van der Waals surface area (Å²) in [4.78, 5) is 20.4. The van der Waals surface area contributed by atoms with Crippen LogP contribution in [0.3, 0.4) is 0 Å². The van der Waals surface area contributed by atoms with Gasteiger partial charge in [0.25, 0.3) is 5.91 Å². The van der Waals surface area contributed by atoms with Gasteiger partial charge in [0, 0.05) is 5.56 Å². The van der Waals surface area contributed by atoms with E-state index in [9.17, 15) is 9.18 Å².